The van der Waals surface area contributed by atoms with Crippen LogP contribution < -0.4 is 14.8 Å². The molecule has 0 bridgehead atoms. The lowest BCUT2D eigenvalue weighted by Crippen LogP contribution is -2.25. The number of rotatable bonds is 9. The van der Waals surface area contributed by atoms with Gasteiger partial charge in [-0.1, -0.05) is 30.3 Å². The number of nitrogens with one attached hydrogen (secondary N) is 1. The molecule has 0 aliphatic rings. The Labute approximate surface area is 175 Å². The fourth-order valence-corrected chi connectivity index (χ4v) is 3.02. The van der Waals surface area contributed by atoms with E-state index < -0.39 is 0 Å². The number of pyridine rings is 1. The fourth-order valence-electron chi connectivity index (χ4n) is 3.02. The number of imidazole rings is 1. The normalized spacial score (nSPS) is 10.7. The van der Waals surface area contributed by atoms with Crippen LogP contribution in [0, 0.1) is 0 Å². The van der Waals surface area contributed by atoms with Gasteiger partial charge in [0.15, 0.2) is 0 Å². The third-order valence-electron chi connectivity index (χ3n) is 4.52. The molecule has 1 amide bonds. The largest absolute Gasteiger partial charge is 0.494 e. The number of hydrogen-bond donors (Lipinski definition) is 1. The summed E-state index contributed by atoms with van der Waals surface area (Å²) in [6.45, 7) is 1.42. The van der Waals surface area contributed by atoms with Gasteiger partial charge >= 0.3 is 0 Å². The zero-order valence-electron chi connectivity index (χ0n) is 16.5. The smallest absolute Gasteiger partial charge is 0.251 e. The van der Waals surface area contributed by atoms with Crippen LogP contribution in [0.4, 0.5) is 0 Å². The average Bonchev–Trinajstić information content (AvgIpc) is 3.21. The Morgan fingerprint density at radius 3 is 2.63 bits per heavy atom. The minimum absolute atomic E-state index is 0.132. The first-order valence-electron chi connectivity index (χ1n) is 9.89. The maximum absolute atomic E-state index is 12.4. The highest BCUT2D eigenvalue weighted by Crippen LogP contribution is 2.16. The van der Waals surface area contributed by atoms with Crippen molar-refractivity contribution in [2.24, 2.45) is 0 Å². The van der Waals surface area contributed by atoms with Crippen LogP contribution in [0.3, 0.4) is 0 Å². The summed E-state index contributed by atoms with van der Waals surface area (Å²) in [4.78, 5) is 16.9. The van der Waals surface area contributed by atoms with Gasteiger partial charge in [-0.3, -0.25) is 4.79 Å². The van der Waals surface area contributed by atoms with Gasteiger partial charge in [-0.2, -0.15) is 0 Å². The number of ether oxygens (including phenoxy) is 2. The number of carbonyl (C=O) groups is 1. The van der Waals surface area contributed by atoms with E-state index in [1.165, 1.54) is 0 Å². The molecule has 4 rings (SSSR count). The first-order chi connectivity index (χ1) is 14.8. The minimum Gasteiger partial charge on any atom is -0.494 e. The zero-order chi connectivity index (χ0) is 20.6. The quantitative estimate of drug-likeness (QED) is 0.429. The monoisotopic (exact) mass is 401 g/mol. The van der Waals surface area contributed by atoms with Crippen molar-refractivity contribution in [2.75, 3.05) is 13.2 Å². The predicted octanol–water partition coefficient (Wildman–Crippen LogP) is 4.11. The standard InChI is InChI=1S/C24H23N3O3/c28-24(25-13-7-15-29-21-9-2-1-3-10-21)19-8-6-11-22(16-19)30-18-20-17-27-14-5-4-12-23(27)26-20/h1-6,8-12,14,16-17H,7,13,15,18H2,(H,25,28). The molecule has 0 aliphatic heterocycles. The molecule has 0 radical (unpaired) electrons. The third kappa shape index (κ3) is 5.17. The Morgan fingerprint density at radius 2 is 1.77 bits per heavy atom. The molecule has 0 saturated heterocycles. The van der Waals surface area contributed by atoms with E-state index in [0.717, 1.165) is 23.5 Å². The molecule has 2 aromatic carbocycles. The highest BCUT2D eigenvalue weighted by molar-refractivity contribution is 5.94. The molecule has 2 heterocycles. The maximum atomic E-state index is 12.4. The van der Waals surface area contributed by atoms with Crippen LogP contribution in [0.1, 0.15) is 22.5 Å². The van der Waals surface area contributed by atoms with Gasteiger partial charge in [0.1, 0.15) is 23.8 Å². The Kier molecular flexibility index (Phi) is 6.25. The first-order valence-corrected chi connectivity index (χ1v) is 9.89. The molecule has 0 saturated carbocycles. The molecule has 0 atom stereocenters. The number of amides is 1. The van der Waals surface area contributed by atoms with Crippen molar-refractivity contribution >= 4 is 11.6 Å². The van der Waals surface area contributed by atoms with Crippen molar-refractivity contribution in [1.29, 1.82) is 0 Å². The topological polar surface area (TPSA) is 64.9 Å². The second-order valence-corrected chi connectivity index (χ2v) is 6.79. The summed E-state index contributed by atoms with van der Waals surface area (Å²) < 4.78 is 13.4. The third-order valence-corrected chi connectivity index (χ3v) is 4.52. The summed E-state index contributed by atoms with van der Waals surface area (Å²) in [6.07, 6.45) is 4.61. The number of para-hydroxylation sites is 1. The zero-order valence-corrected chi connectivity index (χ0v) is 16.5. The molecule has 152 valence electrons. The Balaban J connectivity index is 1.24. The number of nitrogens with zero attached hydrogens (tertiary/aromatic N) is 2. The van der Waals surface area contributed by atoms with E-state index >= 15 is 0 Å². The van der Waals surface area contributed by atoms with Crippen molar-refractivity contribution in [2.45, 2.75) is 13.0 Å². The van der Waals surface area contributed by atoms with E-state index in [9.17, 15) is 4.79 Å². The van der Waals surface area contributed by atoms with Crippen molar-refractivity contribution in [1.82, 2.24) is 14.7 Å². The summed E-state index contributed by atoms with van der Waals surface area (Å²) in [5, 5.41) is 2.91. The second kappa shape index (κ2) is 9.60. The second-order valence-electron chi connectivity index (χ2n) is 6.79. The van der Waals surface area contributed by atoms with Gasteiger partial charge in [-0.25, -0.2) is 4.98 Å². The molecule has 4 aromatic rings. The molecule has 2 aromatic heterocycles. The number of carbonyl (C=O) groups excluding carboxylic acids is 1. The van der Waals surface area contributed by atoms with Crippen LogP contribution in [-0.4, -0.2) is 28.4 Å². The molecule has 6 nitrogen and oxygen atoms in total. The number of benzene rings is 2. The van der Waals surface area contributed by atoms with Gasteiger partial charge in [0, 0.05) is 24.5 Å². The molecule has 0 unspecified atom stereocenters. The van der Waals surface area contributed by atoms with Crippen molar-refractivity contribution in [3.8, 4) is 11.5 Å². The minimum atomic E-state index is -0.132. The van der Waals surface area contributed by atoms with Gasteiger partial charge in [0.25, 0.3) is 5.91 Å². The Bertz CT molecular complexity index is 1080. The molecular formula is C24H23N3O3. The van der Waals surface area contributed by atoms with Crippen LogP contribution in [-0.2, 0) is 6.61 Å². The van der Waals surface area contributed by atoms with Crippen LogP contribution >= 0.6 is 0 Å². The molecule has 6 heteroatoms. The fraction of sp³-hybridized carbons (Fsp3) is 0.167. The predicted molar refractivity (Wildman–Crippen MR) is 115 cm³/mol. The van der Waals surface area contributed by atoms with Gasteiger partial charge in [0.05, 0.1) is 12.3 Å². The summed E-state index contributed by atoms with van der Waals surface area (Å²) >= 11 is 0. The number of hydrogen-bond acceptors (Lipinski definition) is 4. The van der Waals surface area contributed by atoms with Gasteiger partial charge in [-0.15, -0.1) is 0 Å². The first kappa shape index (κ1) is 19.5. The lowest BCUT2D eigenvalue weighted by Gasteiger charge is -2.09. The van der Waals surface area contributed by atoms with E-state index in [1.807, 2.05) is 77.5 Å². The Morgan fingerprint density at radius 1 is 0.933 bits per heavy atom. The molecule has 30 heavy (non-hydrogen) atoms. The highest BCUT2D eigenvalue weighted by atomic mass is 16.5. The Hall–Kier alpha value is -3.80. The number of fused-ring (bicyclic) bond motifs is 1. The van der Waals surface area contributed by atoms with Crippen LogP contribution in [0.2, 0.25) is 0 Å². The van der Waals surface area contributed by atoms with E-state index in [1.54, 1.807) is 12.1 Å². The van der Waals surface area contributed by atoms with Crippen molar-refractivity contribution < 1.29 is 14.3 Å². The molecule has 0 aliphatic carbocycles. The molecule has 0 spiro atoms. The van der Waals surface area contributed by atoms with Gasteiger partial charge < -0.3 is 19.2 Å². The van der Waals surface area contributed by atoms with Gasteiger partial charge in [0.2, 0.25) is 0 Å². The van der Waals surface area contributed by atoms with Crippen molar-refractivity contribution in [3.63, 3.8) is 0 Å². The number of aromatic nitrogens is 2. The van der Waals surface area contributed by atoms with E-state index in [0.29, 0.717) is 31.1 Å². The van der Waals surface area contributed by atoms with Crippen LogP contribution in [0.25, 0.3) is 5.65 Å². The molecule has 1 N–H and O–H groups in total. The van der Waals surface area contributed by atoms with E-state index in [2.05, 4.69) is 10.3 Å². The van der Waals surface area contributed by atoms with Crippen LogP contribution in [0.15, 0.2) is 85.2 Å². The van der Waals surface area contributed by atoms with Crippen molar-refractivity contribution in [3.05, 3.63) is 96.4 Å². The lowest BCUT2D eigenvalue weighted by atomic mass is 10.2. The summed E-state index contributed by atoms with van der Waals surface area (Å²) in [5.74, 6) is 1.33. The molecule has 0 fully saturated rings. The average molecular weight is 401 g/mol. The SMILES string of the molecule is O=C(NCCCOc1ccccc1)c1cccc(OCc2cn3ccccc3n2)c1. The lowest BCUT2D eigenvalue weighted by molar-refractivity contribution is 0.0951. The maximum Gasteiger partial charge on any atom is 0.251 e. The van der Waals surface area contributed by atoms with E-state index in [-0.39, 0.29) is 5.91 Å². The molecular weight excluding hydrogens is 378 g/mol. The van der Waals surface area contributed by atoms with Crippen LogP contribution in [0.5, 0.6) is 11.5 Å². The summed E-state index contributed by atoms with van der Waals surface area (Å²) in [5.41, 5.74) is 2.27. The summed E-state index contributed by atoms with van der Waals surface area (Å²) in [7, 11) is 0. The van der Waals surface area contributed by atoms with Gasteiger partial charge in [-0.05, 0) is 48.9 Å². The highest BCUT2D eigenvalue weighted by Gasteiger charge is 2.07. The summed E-state index contributed by atoms with van der Waals surface area (Å²) in [6, 6.07) is 22.6. The van der Waals surface area contributed by atoms with E-state index in [4.69, 9.17) is 9.47 Å².